The number of hydrogen-bond acceptors (Lipinski definition) is 3. The Bertz CT molecular complexity index is 904. The lowest BCUT2D eigenvalue weighted by Gasteiger charge is -2.31. The average Bonchev–Trinajstić information content (AvgIpc) is 2.70. The molecule has 3 rings (SSSR count). The van der Waals surface area contributed by atoms with E-state index in [0.29, 0.717) is 31.5 Å². The van der Waals surface area contributed by atoms with Crippen LogP contribution < -0.4 is 10.6 Å². The van der Waals surface area contributed by atoms with Crippen LogP contribution in [0, 0.1) is 5.92 Å². The van der Waals surface area contributed by atoms with Gasteiger partial charge in [0.05, 0.1) is 6.54 Å². The minimum absolute atomic E-state index is 0.00483. The van der Waals surface area contributed by atoms with Crippen LogP contribution in [0.2, 0.25) is 0 Å². The molecule has 0 atom stereocenters. The molecule has 1 fully saturated rings. The van der Waals surface area contributed by atoms with Gasteiger partial charge in [-0.3, -0.25) is 14.4 Å². The van der Waals surface area contributed by atoms with E-state index < -0.39 is 0 Å². The van der Waals surface area contributed by atoms with Crippen molar-refractivity contribution in [1.82, 2.24) is 15.5 Å². The minimum Gasteiger partial charge on any atom is -0.350 e. The fraction of sp³-hybridized carbons (Fsp3) is 0.435. The van der Waals surface area contributed by atoms with Crippen LogP contribution in [0.4, 0.5) is 0 Å². The second kappa shape index (κ2) is 8.64. The maximum absolute atomic E-state index is 13.0. The molecule has 6 nitrogen and oxygen atoms in total. The number of piperidine rings is 1. The average molecular weight is 396 g/mol. The third-order valence-corrected chi connectivity index (χ3v) is 5.11. The first-order valence-electron chi connectivity index (χ1n) is 10.1. The summed E-state index contributed by atoms with van der Waals surface area (Å²) in [5, 5.41) is 7.54. The molecule has 1 heterocycles. The van der Waals surface area contributed by atoms with Gasteiger partial charge in [-0.15, -0.1) is 0 Å². The molecule has 2 aromatic carbocycles. The van der Waals surface area contributed by atoms with Gasteiger partial charge in [-0.1, -0.05) is 36.4 Å². The van der Waals surface area contributed by atoms with Crippen molar-refractivity contribution in [2.24, 2.45) is 5.92 Å². The molecule has 6 heteroatoms. The van der Waals surface area contributed by atoms with E-state index in [1.54, 1.807) is 0 Å². The monoisotopic (exact) mass is 395 g/mol. The maximum Gasteiger partial charge on any atom is 0.254 e. The lowest BCUT2D eigenvalue weighted by molar-refractivity contribution is -0.130. The molecular formula is C23H29N3O3. The summed E-state index contributed by atoms with van der Waals surface area (Å²) in [6, 6.07) is 13.6. The minimum atomic E-state index is -0.324. The third-order valence-electron chi connectivity index (χ3n) is 5.11. The van der Waals surface area contributed by atoms with E-state index in [-0.39, 0.29) is 35.7 Å². The Morgan fingerprint density at radius 1 is 1.00 bits per heavy atom. The SMILES string of the molecule is CC(C)(C)NC(=O)CNC(=O)C1CCN(C(=O)c2cccc3ccccc23)CC1. The Balaban J connectivity index is 1.54. The predicted molar refractivity (Wildman–Crippen MR) is 113 cm³/mol. The van der Waals surface area contributed by atoms with Crippen LogP contribution in [0.25, 0.3) is 10.8 Å². The highest BCUT2D eigenvalue weighted by Gasteiger charge is 2.28. The molecule has 1 saturated heterocycles. The molecule has 0 bridgehead atoms. The largest absolute Gasteiger partial charge is 0.350 e. The van der Waals surface area contributed by atoms with Gasteiger partial charge in [0, 0.05) is 30.1 Å². The van der Waals surface area contributed by atoms with Crippen LogP contribution in [0.5, 0.6) is 0 Å². The highest BCUT2D eigenvalue weighted by Crippen LogP contribution is 2.23. The van der Waals surface area contributed by atoms with E-state index in [4.69, 9.17) is 0 Å². The highest BCUT2D eigenvalue weighted by atomic mass is 16.2. The predicted octanol–water partition coefficient (Wildman–Crippen LogP) is 2.72. The fourth-order valence-electron chi connectivity index (χ4n) is 3.70. The first kappa shape index (κ1) is 20.8. The number of benzene rings is 2. The lowest BCUT2D eigenvalue weighted by atomic mass is 9.95. The molecule has 2 aromatic rings. The molecule has 2 N–H and O–H groups in total. The number of rotatable bonds is 4. The van der Waals surface area contributed by atoms with Gasteiger partial charge in [0.25, 0.3) is 5.91 Å². The molecule has 154 valence electrons. The number of likely N-dealkylation sites (tertiary alicyclic amines) is 1. The van der Waals surface area contributed by atoms with Crippen LogP contribution in [0.1, 0.15) is 44.0 Å². The van der Waals surface area contributed by atoms with Crippen LogP contribution in [0.15, 0.2) is 42.5 Å². The molecule has 3 amide bonds. The van der Waals surface area contributed by atoms with Crippen molar-refractivity contribution in [2.75, 3.05) is 19.6 Å². The van der Waals surface area contributed by atoms with Gasteiger partial charge < -0.3 is 15.5 Å². The maximum atomic E-state index is 13.0. The summed E-state index contributed by atoms with van der Waals surface area (Å²) < 4.78 is 0. The standard InChI is InChI=1S/C23H29N3O3/c1-23(2,3)25-20(27)15-24-21(28)17-11-13-26(14-12-17)22(29)19-10-6-8-16-7-4-5-9-18(16)19/h4-10,17H,11-15H2,1-3H3,(H,24,28)(H,25,27). The smallest absolute Gasteiger partial charge is 0.254 e. The number of amides is 3. The van der Waals surface area contributed by atoms with Crippen LogP contribution in [0.3, 0.4) is 0 Å². The second-order valence-corrected chi connectivity index (χ2v) is 8.61. The Hall–Kier alpha value is -2.89. The first-order valence-corrected chi connectivity index (χ1v) is 10.1. The first-order chi connectivity index (χ1) is 13.7. The van der Waals surface area contributed by atoms with E-state index in [0.717, 1.165) is 10.8 Å². The van der Waals surface area contributed by atoms with E-state index in [1.165, 1.54) is 0 Å². The summed E-state index contributed by atoms with van der Waals surface area (Å²) in [5.74, 6) is -0.486. The van der Waals surface area contributed by atoms with Crippen molar-refractivity contribution in [3.63, 3.8) is 0 Å². The fourth-order valence-corrected chi connectivity index (χ4v) is 3.70. The number of fused-ring (bicyclic) bond motifs is 1. The molecule has 0 spiro atoms. The van der Waals surface area contributed by atoms with Crippen molar-refractivity contribution in [2.45, 2.75) is 39.2 Å². The Morgan fingerprint density at radius 2 is 1.66 bits per heavy atom. The van der Waals surface area contributed by atoms with E-state index >= 15 is 0 Å². The molecule has 0 saturated carbocycles. The summed E-state index contributed by atoms with van der Waals surface area (Å²) in [6.07, 6.45) is 1.20. The van der Waals surface area contributed by atoms with Crippen LogP contribution >= 0.6 is 0 Å². The summed E-state index contributed by atoms with van der Waals surface area (Å²) >= 11 is 0. The summed E-state index contributed by atoms with van der Waals surface area (Å²) in [4.78, 5) is 39.1. The summed E-state index contributed by atoms with van der Waals surface area (Å²) in [7, 11) is 0. The number of carbonyl (C=O) groups excluding carboxylic acids is 3. The van der Waals surface area contributed by atoms with Gasteiger partial charge in [0.15, 0.2) is 0 Å². The van der Waals surface area contributed by atoms with E-state index in [9.17, 15) is 14.4 Å². The number of carbonyl (C=O) groups is 3. The topological polar surface area (TPSA) is 78.5 Å². The summed E-state index contributed by atoms with van der Waals surface area (Å²) in [5.41, 5.74) is 0.375. The highest BCUT2D eigenvalue weighted by molar-refractivity contribution is 6.07. The normalized spacial score (nSPS) is 15.2. The van der Waals surface area contributed by atoms with Gasteiger partial charge in [-0.05, 0) is 50.5 Å². The Kier molecular flexibility index (Phi) is 6.20. The lowest BCUT2D eigenvalue weighted by Crippen LogP contribution is -2.48. The van der Waals surface area contributed by atoms with Crippen molar-refractivity contribution < 1.29 is 14.4 Å². The zero-order valence-corrected chi connectivity index (χ0v) is 17.3. The van der Waals surface area contributed by atoms with Crippen molar-refractivity contribution in [3.8, 4) is 0 Å². The molecular weight excluding hydrogens is 366 g/mol. The Morgan fingerprint density at radius 3 is 2.34 bits per heavy atom. The molecule has 29 heavy (non-hydrogen) atoms. The van der Waals surface area contributed by atoms with Crippen molar-refractivity contribution in [3.05, 3.63) is 48.0 Å². The van der Waals surface area contributed by atoms with Gasteiger partial charge in [-0.2, -0.15) is 0 Å². The molecule has 1 aliphatic rings. The quantitative estimate of drug-likeness (QED) is 0.836. The molecule has 0 aliphatic carbocycles. The van der Waals surface area contributed by atoms with Gasteiger partial charge in [0.1, 0.15) is 0 Å². The van der Waals surface area contributed by atoms with Crippen LogP contribution in [-0.4, -0.2) is 47.8 Å². The van der Waals surface area contributed by atoms with E-state index in [2.05, 4.69) is 10.6 Å². The zero-order chi connectivity index (χ0) is 21.0. The van der Waals surface area contributed by atoms with Crippen LogP contribution in [-0.2, 0) is 9.59 Å². The van der Waals surface area contributed by atoms with E-state index in [1.807, 2.05) is 68.1 Å². The number of nitrogens with zero attached hydrogens (tertiary/aromatic N) is 1. The molecule has 0 radical (unpaired) electrons. The molecule has 1 aliphatic heterocycles. The third kappa shape index (κ3) is 5.34. The zero-order valence-electron chi connectivity index (χ0n) is 17.3. The van der Waals surface area contributed by atoms with Gasteiger partial charge >= 0.3 is 0 Å². The number of nitrogens with one attached hydrogen (secondary N) is 2. The molecule has 0 unspecified atom stereocenters. The van der Waals surface area contributed by atoms with Gasteiger partial charge in [0.2, 0.25) is 11.8 Å². The summed E-state index contributed by atoms with van der Waals surface area (Å²) in [6.45, 7) is 6.74. The van der Waals surface area contributed by atoms with Gasteiger partial charge in [-0.25, -0.2) is 0 Å². The van der Waals surface area contributed by atoms with Crippen molar-refractivity contribution in [1.29, 1.82) is 0 Å². The second-order valence-electron chi connectivity index (χ2n) is 8.61. The Labute approximate surface area is 171 Å². The molecule has 0 aromatic heterocycles. The number of hydrogen-bond donors (Lipinski definition) is 2. The van der Waals surface area contributed by atoms with Crippen molar-refractivity contribution >= 4 is 28.5 Å².